The summed E-state index contributed by atoms with van der Waals surface area (Å²) in [4.78, 5) is 31.6. The van der Waals surface area contributed by atoms with Crippen molar-refractivity contribution in [2.75, 3.05) is 0 Å². The third-order valence-electron chi connectivity index (χ3n) is 9.38. The number of benzene rings is 6. The van der Waals surface area contributed by atoms with E-state index in [0.29, 0.717) is 45.3 Å². The van der Waals surface area contributed by atoms with E-state index in [-0.39, 0.29) is 40.2 Å². The zero-order chi connectivity index (χ0) is 42.2. The molecule has 61 heavy (non-hydrogen) atoms. The van der Waals surface area contributed by atoms with E-state index in [2.05, 4.69) is 20.2 Å². The van der Waals surface area contributed by atoms with E-state index in [0.717, 1.165) is 22.3 Å². The molecule has 0 unspecified atom stereocenters. The van der Waals surface area contributed by atoms with E-state index in [1.54, 1.807) is 36.4 Å². The average Bonchev–Trinajstić information content (AvgIpc) is 3.78. The number of nitrogens with zero attached hydrogens (tertiary/aromatic N) is 6. The molecule has 302 valence electrons. The van der Waals surface area contributed by atoms with Crippen molar-refractivity contribution >= 4 is 35.7 Å². The molecule has 6 aromatic carbocycles. The maximum Gasteiger partial charge on any atom is 0.337 e. The number of aromatic nitrogens is 4. The van der Waals surface area contributed by atoms with Crippen molar-refractivity contribution in [2.45, 2.75) is 13.8 Å². The third-order valence-corrected chi connectivity index (χ3v) is 9.38. The SMILES string of the molecule is Cc1ccc(-n2nc(-c3ccccc3)c(C=Nc3ccccc3C(=O)O)c2O)cc1.Cc1ccc(-n2nc(-c3ccccc3)c(C=Nc3ccccc3C(=O)O)c2O)cc1.[Cr]. The summed E-state index contributed by atoms with van der Waals surface area (Å²) >= 11 is 0. The average molecular weight is 847 g/mol. The standard InChI is InChI=1S/2C24H19N3O3.Cr/c2*1-16-11-13-18(14-12-16)27-23(28)20(22(26-27)17-7-3-2-4-8-17)15-25-21-10-6-5-9-19(21)24(29)30;/h2*2-15,28H,1H3,(H,29,30);. The largest absolute Gasteiger partial charge is 0.493 e. The van der Waals surface area contributed by atoms with Crippen molar-refractivity contribution in [1.29, 1.82) is 0 Å². The molecule has 0 aliphatic carbocycles. The first-order chi connectivity index (χ1) is 29.1. The molecular weight excluding hydrogens is 809 g/mol. The molecule has 0 bridgehead atoms. The monoisotopic (exact) mass is 846 g/mol. The second-order valence-electron chi connectivity index (χ2n) is 13.6. The summed E-state index contributed by atoms with van der Waals surface area (Å²) in [6, 6.07) is 47.1. The number of aryl methyl sites for hydroxylation is 2. The molecule has 12 nitrogen and oxygen atoms in total. The summed E-state index contributed by atoms with van der Waals surface area (Å²) in [7, 11) is 0. The topological polar surface area (TPSA) is 175 Å². The van der Waals surface area contributed by atoms with Crippen LogP contribution in [-0.2, 0) is 17.4 Å². The molecule has 13 heteroatoms. The number of aromatic carboxylic acids is 2. The van der Waals surface area contributed by atoms with Crippen LogP contribution in [0, 0.1) is 13.8 Å². The van der Waals surface area contributed by atoms with Crippen molar-refractivity contribution in [3.05, 3.63) is 191 Å². The van der Waals surface area contributed by atoms with Crippen LogP contribution in [0.2, 0.25) is 0 Å². The van der Waals surface area contributed by atoms with E-state index in [4.69, 9.17) is 0 Å². The van der Waals surface area contributed by atoms with E-state index in [1.165, 1.54) is 33.9 Å². The minimum atomic E-state index is -1.06. The number of hydrogen-bond acceptors (Lipinski definition) is 8. The Labute approximate surface area is 361 Å². The fourth-order valence-electron chi connectivity index (χ4n) is 6.23. The van der Waals surface area contributed by atoms with Gasteiger partial charge in [0.05, 0.1) is 45.0 Å². The van der Waals surface area contributed by atoms with Crippen LogP contribution < -0.4 is 0 Å². The van der Waals surface area contributed by atoms with Gasteiger partial charge < -0.3 is 20.4 Å². The van der Waals surface area contributed by atoms with Crippen molar-refractivity contribution in [3.8, 4) is 45.6 Å². The Morgan fingerprint density at radius 1 is 0.492 bits per heavy atom. The number of rotatable bonds is 10. The molecule has 8 rings (SSSR count). The number of hydrogen-bond donors (Lipinski definition) is 4. The first-order valence-electron chi connectivity index (χ1n) is 18.7. The first kappa shape index (κ1) is 42.8. The van der Waals surface area contributed by atoms with Gasteiger partial charge in [0.2, 0.25) is 11.8 Å². The molecular formula is C48H38CrN6O6. The maximum atomic E-state index is 11.5. The number of aliphatic imine (C=N–C) groups is 2. The number of carboxylic acid groups (broad SMARTS) is 2. The summed E-state index contributed by atoms with van der Waals surface area (Å²) in [6.45, 7) is 3.97. The molecule has 0 amide bonds. The minimum Gasteiger partial charge on any atom is -0.493 e. The van der Waals surface area contributed by atoms with Gasteiger partial charge in [-0.05, 0) is 62.4 Å². The van der Waals surface area contributed by atoms with Gasteiger partial charge in [0.1, 0.15) is 11.4 Å². The smallest absolute Gasteiger partial charge is 0.337 e. The van der Waals surface area contributed by atoms with Crippen molar-refractivity contribution < 1.29 is 47.4 Å². The Bertz CT molecular complexity index is 2660. The zero-order valence-corrected chi connectivity index (χ0v) is 34.1. The van der Waals surface area contributed by atoms with Crippen molar-refractivity contribution in [3.63, 3.8) is 0 Å². The van der Waals surface area contributed by atoms with Gasteiger partial charge in [-0.15, -0.1) is 0 Å². The van der Waals surface area contributed by atoms with Crippen LogP contribution >= 0.6 is 0 Å². The first-order valence-corrected chi connectivity index (χ1v) is 18.7. The van der Waals surface area contributed by atoms with Gasteiger partial charge >= 0.3 is 11.9 Å². The predicted octanol–water partition coefficient (Wildman–Crippen LogP) is 10.0. The molecule has 8 aromatic rings. The fourth-order valence-corrected chi connectivity index (χ4v) is 6.23. The molecule has 0 fully saturated rings. The van der Waals surface area contributed by atoms with Crippen LogP contribution in [-0.4, -0.2) is 64.4 Å². The van der Waals surface area contributed by atoms with Crippen LogP contribution in [0.3, 0.4) is 0 Å². The summed E-state index contributed by atoms with van der Waals surface area (Å²) in [5.41, 5.74) is 7.90. The maximum absolute atomic E-state index is 11.5. The molecule has 0 saturated heterocycles. The van der Waals surface area contributed by atoms with E-state index in [1.807, 2.05) is 123 Å². The second kappa shape index (κ2) is 19.3. The third kappa shape index (κ3) is 9.72. The number of para-hydroxylation sites is 2. The van der Waals surface area contributed by atoms with Crippen molar-refractivity contribution in [2.24, 2.45) is 9.98 Å². The summed E-state index contributed by atoms with van der Waals surface area (Å²) in [5.74, 6) is -2.28. The van der Waals surface area contributed by atoms with Gasteiger partial charge in [0, 0.05) is 40.9 Å². The molecule has 2 heterocycles. The second-order valence-corrected chi connectivity index (χ2v) is 13.6. The van der Waals surface area contributed by atoms with E-state index >= 15 is 0 Å². The minimum absolute atomic E-state index is 0. The molecule has 0 saturated carbocycles. The van der Waals surface area contributed by atoms with Gasteiger partial charge in [-0.1, -0.05) is 120 Å². The Balaban J connectivity index is 0.000000201. The molecule has 0 aliphatic heterocycles. The molecule has 0 radical (unpaired) electrons. The van der Waals surface area contributed by atoms with E-state index < -0.39 is 11.9 Å². The number of aromatic hydroxyl groups is 2. The van der Waals surface area contributed by atoms with Crippen LogP contribution in [0.1, 0.15) is 43.0 Å². The Kier molecular flexibility index (Phi) is 13.5. The summed E-state index contributed by atoms with van der Waals surface area (Å²) in [5, 5.41) is 49.9. The fraction of sp³-hybridized carbons (Fsp3) is 0.0417. The predicted molar refractivity (Wildman–Crippen MR) is 232 cm³/mol. The van der Waals surface area contributed by atoms with Gasteiger partial charge in [-0.2, -0.15) is 10.2 Å². The van der Waals surface area contributed by atoms with Crippen LogP contribution in [0.15, 0.2) is 168 Å². The summed E-state index contributed by atoms with van der Waals surface area (Å²) < 4.78 is 2.90. The van der Waals surface area contributed by atoms with Crippen LogP contribution in [0.5, 0.6) is 11.8 Å². The normalized spacial score (nSPS) is 10.9. The molecule has 2 aromatic heterocycles. The number of carboxylic acids is 2. The molecule has 0 atom stereocenters. The van der Waals surface area contributed by atoms with Gasteiger partial charge in [-0.3, -0.25) is 9.98 Å². The zero-order valence-electron chi connectivity index (χ0n) is 32.9. The molecule has 0 aliphatic rings. The Morgan fingerprint density at radius 3 is 1.16 bits per heavy atom. The van der Waals surface area contributed by atoms with Crippen LogP contribution in [0.25, 0.3) is 33.9 Å². The molecule has 0 spiro atoms. The molecule has 4 N–H and O–H groups in total. The van der Waals surface area contributed by atoms with Crippen LogP contribution in [0.4, 0.5) is 11.4 Å². The van der Waals surface area contributed by atoms with Gasteiger partial charge in [0.15, 0.2) is 0 Å². The Morgan fingerprint density at radius 2 is 0.820 bits per heavy atom. The number of carbonyl (C=O) groups is 2. The Hall–Kier alpha value is -7.85. The summed E-state index contributed by atoms with van der Waals surface area (Å²) in [6.07, 6.45) is 2.91. The van der Waals surface area contributed by atoms with Gasteiger partial charge in [0.25, 0.3) is 0 Å². The van der Waals surface area contributed by atoms with Crippen molar-refractivity contribution in [1.82, 2.24) is 19.6 Å². The van der Waals surface area contributed by atoms with Gasteiger partial charge in [-0.25, -0.2) is 19.0 Å². The van der Waals surface area contributed by atoms with E-state index in [9.17, 15) is 30.0 Å². The quantitative estimate of drug-likeness (QED) is 0.0984.